The van der Waals surface area contributed by atoms with Gasteiger partial charge in [-0.3, -0.25) is 4.79 Å². The molecule has 2 heterocycles. The molecule has 158 valence electrons. The monoisotopic (exact) mass is 425 g/mol. The number of fused-ring (bicyclic) bond motifs is 2. The number of para-hydroxylation sites is 2. The van der Waals surface area contributed by atoms with Crippen molar-refractivity contribution in [2.75, 3.05) is 6.61 Å². The summed E-state index contributed by atoms with van der Waals surface area (Å²) in [5.74, 6) is 1.12. The van der Waals surface area contributed by atoms with Crippen LogP contribution in [0.2, 0.25) is 0 Å². The van der Waals surface area contributed by atoms with E-state index in [9.17, 15) is 9.90 Å². The Morgan fingerprint density at radius 3 is 2.75 bits per heavy atom. The van der Waals surface area contributed by atoms with E-state index < -0.39 is 0 Å². The Morgan fingerprint density at radius 2 is 1.91 bits per heavy atom. The topological polar surface area (TPSA) is 89.9 Å². The van der Waals surface area contributed by atoms with Crippen molar-refractivity contribution < 1.29 is 14.3 Å². The third-order valence-corrected chi connectivity index (χ3v) is 5.01. The van der Waals surface area contributed by atoms with Gasteiger partial charge in [0.15, 0.2) is 17.3 Å². The number of phenols is 1. The fourth-order valence-corrected chi connectivity index (χ4v) is 3.49. The fraction of sp³-hybridized carbons (Fsp3) is 0.0800. The third-order valence-electron chi connectivity index (χ3n) is 5.01. The Morgan fingerprint density at radius 1 is 1.09 bits per heavy atom. The first kappa shape index (κ1) is 19.6. The Kier molecular flexibility index (Phi) is 4.91. The second-order valence-corrected chi connectivity index (χ2v) is 7.12. The summed E-state index contributed by atoms with van der Waals surface area (Å²) in [7, 11) is 0. The minimum Gasteiger partial charge on any atom is -0.504 e. The van der Waals surface area contributed by atoms with Crippen LogP contribution in [0.25, 0.3) is 33.5 Å². The van der Waals surface area contributed by atoms with Gasteiger partial charge in [0.25, 0.3) is 5.56 Å². The van der Waals surface area contributed by atoms with Gasteiger partial charge in [-0.25, -0.2) is 4.98 Å². The summed E-state index contributed by atoms with van der Waals surface area (Å²) in [5, 5.41) is 15.7. The molecule has 5 aromatic rings. The summed E-state index contributed by atoms with van der Waals surface area (Å²) in [5.41, 5.74) is 1.59. The molecule has 0 amide bonds. The van der Waals surface area contributed by atoms with E-state index in [0.29, 0.717) is 46.0 Å². The first-order valence-electron chi connectivity index (χ1n) is 10.1. The van der Waals surface area contributed by atoms with Crippen LogP contribution in [-0.2, 0) is 0 Å². The molecule has 0 aliphatic rings. The van der Waals surface area contributed by atoms with Crippen molar-refractivity contribution in [1.29, 1.82) is 0 Å². The number of nitrogens with zero attached hydrogens (tertiary/aromatic N) is 3. The molecule has 0 saturated carbocycles. The van der Waals surface area contributed by atoms with Gasteiger partial charge in [0.05, 0.1) is 23.7 Å². The van der Waals surface area contributed by atoms with Gasteiger partial charge >= 0.3 is 0 Å². The Labute approximate surface area is 182 Å². The highest BCUT2D eigenvalue weighted by molar-refractivity contribution is 5.85. The molecule has 5 rings (SSSR count). The summed E-state index contributed by atoms with van der Waals surface area (Å²) in [6.07, 6.45) is 1.52. The maximum Gasteiger partial charge on any atom is 0.282 e. The van der Waals surface area contributed by atoms with Crippen molar-refractivity contribution in [1.82, 2.24) is 9.66 Å². The van der Waals surface area contributed by atoms with Gasteiger partial charge in [-0.15, -0.1) is 0 Å². The molecule has 0 spiro atoms. The zero-order valence-electron chi connectivity index (χ0n) is 17.2. The first-order chi connectivity index (χ1) is 15.6. The molecule has 0 bridgehead atoms. The Hall–Kier alpha value is -4.39. The minimum absolute atomic E-state index is 0.0384. The van der Waals surface area contributed by atoms with Gasteiger partial charge in [-0.05, 0) is 55.0 Å². The van der Waals surface area contributed by atoms with Crippen LogP contribution in [0.15, 0.2) is 87.1 Å². The largest absolute Gasteiger partial charge is 0.504 e. The van der Waals surface area contributed by atoms with E-state index in [0.717, 1.165) is 5.39 Å². The van der Waals surface area contributed by atoms with E-state index in [1.807, 2.05) is 43.3 Å². The number of benzene rings is 3. The van der Waals surface area contributed by atoms with Crippen molar-refractivity contribution in [2.24, 2.45) is 5.10 Å². The van der Waals surface area contributed by atoms with Gasteiger partial charge in [-0.1, -0.05) is 30.3 Å². The van der Waals surface area contributed by atoms with E-state index in [-0.39, 0.29) is 11.3 Å². The number of hydrogen-bond acceptors (Lipinski definition) is 6. The third kappa shape index (κ3) is 3.50. The molecular weight excluding hydrogens is 406 g/mol. The number of phenolic OH excluding ortho intramolecular Hbond substituents is 1. The quantitative estimate of drug-likeness (QED) is 0.409. The van der Waals surface area contributed by atoms with Crippen LogP contribution >= 0.6 is 0 Å². The van der Waals surface area contributed by atoms with Crippen LogP contribution in [0.3, 0.4) is 0 Å². The molecule has 2 aromatic heterocycles. The zero-order valence-corrected chi connectivity index (χ0v) is 17.2. The molecule has 7 nitrogen and oxygen atoms in total. The van der Waals surface area contributed by atoms with Crippen LogP contribution in [0, 0.1) is 0 Å². The summed E-state index contributed by atoms with van der Waals surface area (Å²) >= 11 is 0. The van der Waals surface area contributed by atoms with Crippen LogP contribution in [-0.4, -0.2) is 27.6 Å². The van der Waals surface area contributed by atoms with Gasteiger partial charge in [0.2, 0.25) is 5.82 Å². The molecular formula is C25H19N3O4. The van der Waals surface area contributed by atoms with Crippen molar-refractivity contribution in [2.45, 2.75) is 6.92 Å². The van der Waals surface area contributed by atoms with Crippen LogP contribution in [0.1, 0.15) is 12.5 Å². The standard InChI is InChI=1S/C25H19N3O4/c1-2-31-22-13-16(11-12-20(22)29)15-26-28-24(23-14-17-7-3-6-10-21(17)32-23)27-19-9-5-4-8-18(19)25(28)30/h3-15,29H,2H2,1H3. The van der Waals surface area contributed by atoms with Crippen LogP contribution in [0.4, 0.5) is 0 Å². The lowest BCUT2D eigenvalue weighted by molar-refractivity contribution is 0.318. The van der Waals surface area contributed by atoms with Crippen molar-refractivity contribution in [3.05, 3.63) is 88.7 Å². The van der Waals surface area contributed by atoms with Crippen molar-refractivity contribution in [3.63, 3.8) is 0 Å². The van der Waals surface area contributed by atoms with E-state index in [2.05, 4.69) is 10.1 Å². The Bertz CT molecular complexity index is 1500. The smallest absolute Gasteiger partial charge is 0.282 e. The Balaban J connectivity index is 1.68. The lowest BCUT2D eigenvalue weighted by Crippen LogP contribution is -2.20. The number of aromatic hydroxyl groups is 1. The average molecular weight is 425 g/mol. The molecule has 0 fully saturated rings. The summed E-state index contributed by atoms with van der Waals surface area (Å²) in [6.45, 7) is 2.25. The predicted octanol–water partition coefficient (Wildman–Crippen LogP) is 4.80. The van der Waals surface area contributed by atoms with Gasteiger partial charge < -0.3 is 14.3 Å². The van der Waals surface area contributed by atoms with E-state index in [4.69, 9.17) is 9.15 Å². The maximum atomic E-state index is 13.3. The lowest BCUT2D eigenvalue weighted by atomic mass is 10.2. The van der Waals surface area contributed by atoms with E-state index >= 15 is 0 Å². The molecule has 3 aromatic carbocycles. The molecule has 0 atom stereocenters. The molecule has 0 radical (unpaired) electrons. The molecule has 32 heavy (non-hydrogen) atoms. The zero-order chi connectivity index (χ0) is 22.1. The second kappa shape index (κ2) is 8.03. The average Bonchev–Trinajstić information content (AvgIpc) is 3.25. The highest BCUT2D eigenvalue weighted by atomic mass is 16.5. The van der Waals surface area contributed by atoms with Crippen LogP contribution < -0.4 is 10.3 Å². The number of aromatic nitrogens is 2. The number of furan rings is 1. The number of rotatable bonds is 5. The summed E-state index contributed by atoms with van der Waals surface area (Å²) < 4.78 is 12.6. The summed E-state index contributed by atoms with van der Waals surface area (Å²) in [6, 6.07) is 21.4. The number of ether oxygens (including phenoxy) is 1. The maximum absolute atomic E-state index is 13.3. The second-order valence-electron chi connectivity index (χ2n) is 7.12. The van der Waals surface area contributed by atoms with E-state index in [1.165, 1.54) is 17.0 Å². The molecule has 0 aliphatic carbocycles. The fourth-order valence-electron chi connectivity index (χ4n) is 3.49. The minimum atomic E-state index is -0.314. The molecule has 0 saturated heterocycles. The lowest BCUT2D eigenvalue weighted by Gasteiger charge is -2.08. The SMILES string of the molecule is CCOc1cc(C=Nn2c(-c3cc4ccccc4o3)nc3ccccc3c2=O)ccc1O. The molecule has 0 aliphatic heterocycles. The van der Waals surface area contributed by atoms with Gasteiger partial charge in [0, 0.05) is 5.39 Å². The number of hydrogen-bond donors (Lipinski definition) is 1. The van der Waals surface area contributed by atoms with E-state index in [1.54, 1.807) is 30.3 Å². The summed E-state index contributed by atoms with van der Waals surface area (Å²) in [4.78, 5) is 18.0. The molecule has 0 unspecified atom stereocenters. The predicted molar refractivity (Wildman–Crippen MR) is 123 cm³/mol. The normalized spacial score (nSPS) is 11.5. The van der Waals surface area contributed by atoms with Crippen molar-refractivity contribution in [3.8, 4) is 23.1 Å². The molecule has 7 heteroatoms. The van der Waals surface area contributed by atoms with Gasteiger partial charge in [-0.2, -0.15) is 9.78 Å². The van der Waals surface area contributed by atoms with Crippen LogP contribution in [0.5, 0.6) is 11.5 Å². The first-order valence-corrected chi connectivity index (χ1v) is 10.1. The highest BCUT2D eigenvalue weighted by Gasteiger charge is 2.16. The highest BCUT2D eigenvalue weighted by Crippen LogP contribution is 2.28. The molecule has 1 N–H and O–H groups in total. The van der Waals surface area contributed by atoms with Gasteiger partial charge in [0.1, 0.15) is 5.58 Å². The van der Waals surface area contributed by atoms with Crippen molar-refractivity contribution >= 4 is 28.1 Å².